The molecule has 0 aromatic heterocycles. The van der Waals surface area contributed by atoms with Crippen LogP contribution in [0.15, 0.2) is 17.1 Å². The van der Waals surface area contributed by atoms with E-state index in [4.69, 9.17) is 4.74 Å². The van der Waals surface area contributed by atoms with Crippen LogP contribution < -0.4 is 16.0 Å². The van der Waals surface area contributed by atoms with Gasteiger partial charge in [0, 0.05) is 32.7 Å². The molecule has 2 bridgehead atoms. The van der Waals surface area contributed by atoms with Crippen LogP contribution in [0.25, 0.3) is 0 Å². The first-order chi connectivity index (χ1) is 9.21. The summed E-state index contributed by atoms with van der Waals surface area (Å²) in [5, 5.41) is 9.93. The average Bonchev–Trinajstić information content (AvgIpc) is 3.08. The number of ketones is 1. The fraction of sp³-hybridized carbons (Fsp3) is 0.692. The lowest BCUT2D eigenvalue weighted by Gasteiger charge is -2.21. The third-order valence-electron chi connectivity index (χ3n) is 3.69. The molecule has 3 unspecified atom stereocenters. The molecule has 3 aliphatic heterocycles. The van der Waals surface area contributed by atoms with Gasteiger partial charge in [0.15, 0.2) is 5.78 Å². The highest BCUT2D eigenvalue weighted by Gasteiger charge is 2.57. The fourth-order valence-electron chi connectivity index (χ4n) is 2.58. The second-order valence-electron chi connectivity index (χ2n) is 5.20. The Morgan fingerprint density at radius 3 is 3.00 bits per heavy atom. The smallest absolute Gasteiger partial charge is 0.202 e. The Morgan fingerprint density at radius 2 is 2.16 bits per heavy atom. The molecule has 0 amide bonds. The molecule has 0 aromatic rings. The molecule has 3 atom stereocenters. The van der Waals surface area contributed by atoms with Gasteiger partial charge in [0.1, 0.15) is 12.1 Å². The monoisotopic (exact) mass is 265 g/mol. The lowest BCUT2D eigenvalue weighted by Crippen LogP contribution is -2.47. The number of aliphatic imine (C=N–C) groups is 1. The summed E-state index contributed by atoms with van der Waals surface area (Å²) in [6, 6.07) is -0.334. The first kappa shape index (κ1) is 12.9. The molecule has 1 saturated heterocycles. The second-order valence-corrected chi connectivity index (χ2v) is 5.20. The number of hydrogen-bond donors (Lipinski definition) is 3. The highest BCUT2D eigenvalue weighted by Crippen LogP contribution is 2.41. The van der Waals surface area contributed by atoms with E-state index >= 15 is 0 Å². The van der Waals surface area contributed by atoms with E-state index in [1.165, 1.54) is 0 Å². The largest absolute Gasteiger partial charge is 0.337 e. The maximum Gasteiger partial charge on any atom is 0.202 e. The van der Waals surface area contributed by atoms with E-state index in [9.17, 15) is 4.79 Å². The van der Waals surface area contributed by atoms with E-state index in [2.05, 4.69) is 20.9 Å². The molecule has 1 spiro atoms. The average molecular weight is 265 g/mol. The summed E-state index contributed by atoms with van der Waals surface area (Å²) in [5.74, 6) is 0.0858. The minimum absolute atomic E-state index is 0.0623. The van der Waals surface area contributed by atoms with Crippen molar-refractivity contribution >= 4 is 11.5 Å². The number of dihydropyridines is 1. The molecule has 6 heteroatoms. The predicted molar refractivity (Wildman–Crippen MR) is 72.4 cm³/mol. The third kappa shape index (κ3) is 2.62. The molecular formula is C13H20N4O2. The molecule has 3 heterocycles. The van der Waals surface area contributed by atoms with Gasteiger partial charge in [0.05, 0.1) is 5.71 Å². The number of nitrogens with one attached hydrogen (secondary N) is 3. The summed E-state index contributed by atoms with van der Waals surface area (Å²) in [5.41, 5.74) is 0.308. The van der Waals surface area contributed by atoms with E-state index in [1.807, 2.05) is 12.2 Å². The topological polar surface area (TPSA) is 78.1 Å². The number of carbonyl (C=O) groups is 1. The standard InChI is InChI=1S/C13H20N4O2/c1-9(18)12-10-2-3-11-13(17-10,19-11)8-15-5-4-14-6-7-16-12/h2-3,11-12,14-16H,4-8H2,1H3/i16+1. The number of ether oxygens (including phenoxy) is 1. The molecular weight excluding hydrogens is 245 g/mol. The summed E-state index contributed by atoms with van der Waals surface area (Å²) >= 11 is 0. The van der Waals surface area contributed by atoms with Crippen LogP contribution in [0.4, 0.5) is 0 Å². The van der Waals surface area contributed by atoms with Crippen molar-refractivity contribution in [2.75, 3.05) is 32.7 Å². The Hall–Kier alpha value is -1.08. The number of carbonyl (C=O) groups excluding carboxylic acids is 1. The van der Waals surface area contributed by atoms with Crippen LogP contribution in [-0.4, -0.2) is 62.1 Å². The van der Waals surface area contributed by atoms with Crippen molar-refractivity contribution in [3.8, 4) is 0 Å². The third-order valence-corrected chi connectivity index (χ3v) is 3.69. The van der Waals surface area contributed by atoms with Gasteiger partial charge in [-0.25, -0.2) is 4.99 Å². The fourth-order valence-corrected chi connectivity index (χ4v) is 2.58. The Labute approximate surface area is 112 Å². The zero-order valence-electron chi connectivity index (χ0n) is 11.1. The van der Waals surface area contributed by atoms with Gasteiger partial charge in [-0.3, -0.25) is 4.79 Å². The zero-order chi connectivity index (χ0) is 13.3. The van der Waals surface area contributed by atoms with Crippen LogP contribution in [0.1, 0.15) is 6.92 Å². The Bertz CT molecular complexity index is 434. The highest BCUT2D eigenvalue weighted by molar-refractivity contribution is 6.14. The normalized spacial score (nSPS) is 38.5. The van der Waals surface area contributed by atoms with Gasteiger partial charge >= 0.3 is 0 Å². The molecule has 3 aliphatic rings. The van der Waals surface area contributed by atoms with Crippen LogP contribution in [0, 0.1) is 0 Å². The van der Waals surface area contributed by atoms with Gasteiger partial charge in [-0.15, -0.1) is 0 Å². The van der Waals surface area contributed by atoms with Crippen molar-refractivity contribution in [3.63, 3.8) is 0 Å². The Balaban J connectivity index is 1.82. The van der Waals surface area contributed by atoms with Gasteiger partial charge in [-0.2, -0.15) is 0 Å². The summed E-state index contributed by atoms with van der Waals surface area (Å²) in [4.78, 5) is 16.4. The maximum atomic E-state index is 11.8. The highest BCUT2D eigenvalue weighted by atomic mass is 16.6. The van der Waals surface area contributed by atoms with Crippen molar-refractivity contribution < 1.29 is 9.53 Å². The number of rotatable bonds is 1. The molecule has 1 fully saturated rings. The Kier molecular flexibility index (Phi) is 3.49. The van der Waals surface area contributed by atoms with E-state index in [1.54, 1.807) is 6.92 Å². The van der Waals surface area contributed by atoms with Gasteiger partial charge < -0.3 is 20.7 Å². The predicted octanol–water partition coefficient (Wildman–Crippen LogP) is -1.17. The molecule has 0 aromatic carbocycles. The van der Waals surface area contributed by atoms with Crippen molar-refractivity contribution in [1.82, 2.24) is 16.0 Å². The molecule has 19 heavy (non-hydrogen) atoms. The lowest BCUT2D eigenvalue weighted by atomic mass is 10.0. The second kappa shape index (κ2) is 5.13. The summed E-state index contributed by atoms with van der Waals surface area (Å²) in [6.07, 6.45) is 3.98. The van der Waals surface area contributed by atoms with Gasteiger partial charge in [-0.1, -0.05) is 0 Å². The molecule has 3 rings (SSSR count). The molecule has 0 saturated carbocycles. The maximum absolute atomic E-state index is 11.8. The van der Waals surface area contributed by atoms with E-state index in [-0.39, 0.29) is 17.9 Å². The van der Waals surface area contributed by atoms with Crippen molar-refractivity contribution in [2.45, 2.75) is 24.8 Å². The molecule has 0 radical (unpaired) electrons. The first-order valence-electron chi connectivity index (χ1n) is 6.82. The first-order valence-corrected chi connectivity index (χ1v) is 6.82. The van der Waals surface area contributed by atoms with E-state index < -0.39 is 5.72 Å². The van der Waals surface area contributed by atoms with Crippen LogP contribution in [0.3, 0.4) is 0 Å². The minimum Gasteiger partial charge on any atom is -0.337 e. The summed E-state index contributed by atoms with van der Waals surface area (Å²) in [7, 11) is 0. The van der Waals surface area contributed by atoms with Crippen molar-refractivity contribution in [2.24, 2.45) is 4.99 Å². The lowest BCUT2D eigenvalue weighted by molar-refractivity contribution is -0.117. The van der Waals surface area contributed by atoms with Crippen LogP contribution in [0.2, 0.25) is 0 Å². The molecule has 6 nitrogen and oxygen atoms in total. The minimum atomic E-state index is -0.474. The molecule has 0 aliphatic carbocycles. The summed E-state index contributed by atoms with van der Waals surface area (Å²) < 4.78 is 5.67. The van der Waals surface area contributed by atoms with Gasteiger partial charge in [-0.05, 0) is 19.1 Å². The van der Waals surface area contributed by atoms with Gasteiger partial charge in [0.2, 0.25) is 5.72 Å². The number of nitrogens with zero attached hydrogens (tertiary/aromatic N) is 1. The summed E-state index contributed by atoms with van der Waals surface area (Å²) in [6.45, 7) is 5.67. The molecule has 104 valence electrons. The Morgan fingerprint density at radius 1 is 1.37 bits per heavy atom. The van der Waals surface area contributed by atoms with E-state index in [0.29, 0.717) is 6.54 Å². The SMILES string of the molecule is CC(=O)C1[15NH]CCNCCNCC23N=C1C=CC2O3. The van der Waals surface area contributed by atoms with E-state index in [0.717, 1.165) is 31.9 Å². The number of epoxide rings is 1. The van der Waals surface area contributed by atoms with Gasteiger partial charge in [0.25, 0.3) is 0 Å². The molecule has 3 N–H and O–H groups in total. The van der Waals surface area contributed by atoms with Crippen LogP contribution >= 0.6 is 0 Å². The van der Waals surface area contributed by atoms with Crippen LogP contribution in [0.5, 0.6) is 0 Å². The van der Waals surface area contributed by atoms with Crippen molar-refractivity contribution in [3.05, 3.63) is 12.2 Å². The van der Waals surface area contributed by atoms with Crippen LogP contribution in [-0.2, 0) is 9.53 Å². The van der Waals surface area contributed by atoms with Crippen molar-refractivity contribution in [1.29, 1.82) is 0 Å². The zero-order valence-corrected chi connectivity index (χ0v) is 11.1. The quantitative estimate of drug-likeness (QED) is 0.411. The number of hydrogen-bond acceptors (Lipinski definition) is 6. The number of Topliss-reactive ketones (excluding diaryl/α,β-unsaturated/α-hetero) is 1.